The summed E-state index contributed by atoms with van der Waals surface area (Å²) in [6.45, 7) is 2.29. The Labute approximate surface area is 141 Å². The summed E-state index contributed by atoms with van der Waals surface area (Å²) in [6.07, 6.45) is 0.381. The number of aromatic carboxylic acids is 1. The van der Waals surface area contributed by atoms with E-state index in [1.165, 1.54) is 13.2 Å². The number of carbonyl (C=O) groups is 2. The van der Waals surface area contributed by atoms with Gasteiger partial charge in [0.05, 0.1) is 7.11 Å². The van der Waals surface area contributed by atoms with Gasteiger partial charge in [-0.15, -0.1) is 0 Å². The second kappa shape index (κ2) is 8.15. The fourth-order valence-corrected chi connectivity index (χ4v) is 2.48. The lowest BCUT2D eigenvalue weighted by atomic mass is 9.97. The lowest BCUT2D eigenvalue weighted by Crippen LogP contribution is -2.24. The standard InChI is InChI=1S/C19H21NO4/c1-13(15-6-4-3-5-7-15)10-18(21)20-12-14-8-9-17(24-2)16(11-14)19(22)23/h3-9,11,13H,10,12H2,1-2H3,(H,20,21)(H,22,23). The molecule has 1 unspecified atom stereocenters. The van der Waals surface area contributed by atoms with Crippen LogP contribution < -0.4 is 10.1 Å². The maximum atomic E-state index is 12.1. The number of carbonyl (C=O) groups excluding carboxylic acids is 1. The fourth-order valence-electron chi connectivity index (χ4n) is 2.48. The number of methoxy groups -OCH3 is 1. The summed E-state index contributed by atoms with van der Waals surface area (Å²) in [4.78, 5) is 23.3. The molecule has 5 nitrogen and oxygen atoms in total. The first-order chi connectivity index (χ1) is 11.5. The van der Waals surface area contributed by atoms with Gasteiger partial charge in [-0.2, -0.15) is 0 Å². The smallest absolute Gasteiger partial charge is 0.339 e. The van der Waals surface area contributed by atoms with E-state index in [-0.39, 0.29) is 23.9 Å². The summed E-state index contributed by atoms with van der Waals surface area (Å²) in [7, 11) is 1.42. The zero-order valence-electron chi connectivity index (χ0n) is 13.8. The molecule has 1 amide bonds. The van der Waals surface area contributed by atoms with Crippen molar-refractivity contribution in [2.45, 2.75) is 25.8 Å². The number of hydrogen-bond donors (Lipinski definition) is 2. The van der Waals surface area contributed by atoms with Crippen molar-refractivity contribution >= 4 is 11.9 Å². The molecule has 0 bridgehead atoms. The molecular formula is C19H21NO4. The Balaban J connectivity index is 1.94. The van der Waals surface area contributed by atoms with Crippen LogP contribution in [0.2, 0.25) is 0 Å². The van der Waals surface area contributed by atoms with Gasteiger partial charge in [0.1, 0.15) is 11.3 Å². The molecule has 0 aliphatic carbocycles. The summed E-state index contributed by atoms with van der Waals surface area (Å²) in [5, 5.41) is 12.0. The van der Waals surface area contributed by atoms with Crippen molar-refractivity contribution in [3.05, 3.63) is 65.2 Å². The first kappa shape index (κ1) is 17.5. The van der Waals surface area contributed by atoms with Gasteiger partial charge in [-0.05, 0) is 29.2 Å². The lowest BCUT2D eigenvalue weighted by molar-refractivity contribution is -0.121. The molecule has 0 radical (unpaired) electrons. The van der Waals surface area contributed by atoms with Gasteiger partial charge in [-0.1, -0.05) is 43.3 Å². The van der Waals surface area contributed by atoms with E-state index < -0.39 is 5.97 Å². The van der Waals surface area contributed by atoms with Crippen molar-refractivity contribution in [3.8, 4) is 5.75 Å². The van der Waals surface area contributed by atoms with Crippen LogP contribution in [0.3, 0.4) is 0 Å². The Bertz CT molecular complexity index is 713. The van der Waals surface area contributed by atoms with E-state index >= 15 is 0 Å². The fraction of sp³-hybridized carbons (Fsp3) is 0.263. The predicted molar refractivity (Wildman–Crippen MR) is 91.3 cm³/mol. The van der Waals surface area contributed by atoms with Gasteiger partial charge in [0, 0.05) is 13.0 Å². The molecule has 5 heteroatoms. The number of carboxylic acids is 1. The van der Waals surface area contributed by atoms with Crippen molar-refractivity contribution in [2.75, 3.05) is 7.11 Å². The number of carboxylic acid groups (broad SMARTS) is 1. The highest BCUT2D eigenvalue weighted by atomic mass is 16.5. The first-order valence-corrected chi connectivity index (χ1v) is 7.73. The molecule has 0 heterocycles. The molecule has 0 aliphatic rings. The predicted octanol–water partition coefficient (Wildman–Crippen LogP) is 3.20. The van der Waals surface area contributed by atoms with Crippen LogP contribution in [0.15, 0.2) is 48.5 Å². The Morgan fingerprint density at radius 3 is 2.50 bits per heavy atom. The molecule has 0 saturated carbocycles. The number of hydrogen-bond acceptors (Lipinski definition) is 3. The summed E-state index contributed by atoms with van der Waals surface area (Å²) in [6, 6.07) is 14.7. The van der Waals surface area contributed by atoms with Gasteiger partial charge in [-0.3, -0.25) is 4.79 Å². The van der Waals surface area contributed by atoms with E-state index in [1.54, 1.807) is 12.1 Å². The van der Waals surface area contributed by atoms with Crippen LogP contribution in [-0.2, 0) is 11.3 Å². The van der Waals surface area contributed by atoms with Crippen molar-refractivity contribution < 1.29 is 19.4 Å². The monoisotopic (exact) mass is 327 g/mol. The van der Waals surface area contributed by atoms with Crippen molar-refractivity contribution in [2.24, 2.45) is 0 Å². The molecule has 2 rings (SSSR count). The zero-order chi connectivity index (χ0) is 17.5. The zero-order valence-corrected chi connectivity index (χ0v) is 13.8. The van der Waals surface area contributed by atoms with Crippen molar-refractivity contribution in [1.82, 2.24) is 5.32 Å². The highest BCUT2D eigenvalue weighted by molar-refractivity contribution is 5.91. The molecule has 0 saturated heterocycles. The topological polar surface area (TPSA) is 75.6 Å². The van der Waals surface area contributed by atoms with Crippen LogP contribution in [0.5, 0.6) is 5.75 Å². The normalized spacial score (nSPS) is 11.6. The first-order valence-electron chi connectivity index (χ1n) is 7.73. The summed E-state index contributed by atoms with van der Waals surface area (Å²) >= 11 is 0. The van der Waals surface area contributed by atoms with Crippen molar-refractivity contribution in [1.29, 1.82) is 0 Å². The van der Waals surface area contributed by atoms with Crippen LogP contribution in [0, 0.1) is 0 Å². The Morgan fingerprint density at radius 1 is 1.17 bits per heavy atom. The molecule has 0 aromatic heterocycles. The molecule has 0 aliphatic heterocycles. The molecule has 2 aromatic carbocycles. The highest BCUT2D eigenvalue weighted by Crippen LogP contribution is 2.20. The van der Waals surface area contributed by atoms with Crippen LogP contribution in [0.1, 0.15) is 40.7 Å². The third-order valence-electron chi connectivity index (χ3n) is 3.84. The minimum atomic E-state index is -1.06. The summed E-state index contributed by atoms with van der Waals surface area (Å²) in [5.74, 6) is -0.705. The van der Waals surface area contributed by atoms with Gasteiger partial charge in [-0.25, -0.2) is 4.79 Å². The molecule has 126 valence electrons. The average molecular weight is 327 g/mol. The second-order valence-electron chi connectivity index (χ2n) is 5.63. The van der Waals surface area contributed by atoms with Crippen molar-refractivity contribution in [3.63, 3.8) is 0 Å². The van der Waals surface area contributed by atoms with Gasteiger partial charge in [0.25, 0.3) is 0 Å². The van der Waals surface area contributed by atoms with E-state index in [0.29, 0.717) is 17.7 Å². The van der Waals surface area contributed by atoms with E-state index in [0.717, 1.165) is 5.56 Å². The van der Waals surface area contributed by atoms with Gasteiger partial charge in [0.15, 0.2) is 0 Å². The average Bonchev–Trinajstić information content (AvgIpc) is 2.60. The number of benzene rings is 2. The number of amides is 1. The minimum absolute atomic E-state index is 0.0703. The van der Waals surface area contributed by atoms with E-state index in [1.807, 2.05) is 37.3 Å². The Morgan fingerprint density at radius 2 is 1.88 bits per heavy atom. The van der Waals surface area contributed by atoms with Crippen LogP contribution >= 0.6 is 0 Å². The van der Waals surface area contributed by atoms with Gasteiger partial charge >= 0.3 is 5.97 Å². The lowest BCUT2D eigenvalue weighted by Gasteiger charge is -2.13. The molecule has 0 spiro atoms. The van der Waals surface area contributed by atoms with E-state index in [2.05, 4.69) is 5.32 Å². The molecule has 1 atom stereocenters. The van der Waals surface area contributed by atoms with Gasteiger partial charge in [0.2, 0.25) is 5.91 Å². The third-order valence-corrected chi connectivity index (χ3v) is 3.84. The molecule has 2 aromatic rings. The number of rotatable bonds is 7. The molecule has 0 fully saturated rings. The largest absolute Gasteiger partial charge is 0.496 e. The molecule has 24 heavy (non-hydrogen) atoms. The van der Waals surface area contributed by atoms with Crippen LogP contribution in [-0.4, -0.2) is 24.1 Å². The van der Waals surface area contributed by atoms with E-state index in [4.69, 9.17) is 4.74 Å². The number of ether oxygens (including phenoxy) is 1. The van der Waals surface area contributed by atoms with E-state index in [9.17, 15) is 14.7 Å². The maximum Gasteiger partial charge on any atom is 0.339 e. The summed E-state index contributed by atoms with van der Waals surface area (Å²) < 4.78 is 5.02. The van der Waals surface area contributed by atoms with Crippen LogP contribution in [0.25, 0.3) is 0 Å². The van der Waals surface area contributed by atoms with Crippen LogP contribution in [0.4, 0.5) is 0 Å². The highest BCUT2D eigenvalue weighted by Gasteiger charge is 2.13. The van der Waals surface area contributed by atoms with Gasteiger partial charge < -0.3 is 15.2 Å². The molecule has 2 N–H and O–H groups in total. The Hall–Kier alpha value is -2.82. The molecular weight excluding hydrogens is 306 g/mol. The second-order valence-corrected chi connectivity index (χ2v) is 5.63. The maximum absolute atomic E-state index is 12.1. The number of nitrogens with one attached hydrogen (secondary N) is 1. The minimum Gasteiger partial charge on any atom is -0.496 e. The SMILES string of the molecule is COc1ccc(CNC(=O)CC(C)c2ccccc2)cc1C(=O)O. The quantitative estimate of drug-likeness (QED) is 0.819. The Kier molecular flexibility index (Phi) is 5.95. The third kappa shape index (κ3) is 4.59. The summed E-state index contributed by atoms with van der Waals surface area (Å²) in [5.41, 5.74) is 1.92.